The highest BCUT2D eigenvalue weighted by Crippen LogP contribution is 2.29. The van der Waals surface area contributed by atoms with Crippen molar-refractivity contribution in [2.45, 2.75) is 33.2 Å². The number of anilines is 2. The summed E-state index contributed by atoms with van der Waals surface area (Å²) in [6.07, 6.45) is -0.786. The van der Waals surface area contributed by atoms with Crippen molar-refractivity contribution in [3.05, 3.63) is 53.5 Å². The number of nitrogens with zero attached hydrogens (tertiary/aromatic N) is 5. The van der Waals surface area contributed by atoms with Gasteiger partial charge >= 0.3 is 0 Å². The van der Waals surface area contributed by atoms with E-state index in [9.17, 15) is 13.6 Å². The van der Waals surface area contributed by atoms with Crippen LogP contribution in [0, 0.1) is 6.92 Å². The van der Waals surface area contributed by atoms with Crippen molar-refractivity contribution in [3.63, 3.8) is 0 Å². The van der Waals surface area contributed by atoms with Crippen LogP contribution in [0.2, 0.25) is 0 Å². The van der Waals surface area contributed by atoms with E-state index < -0.39 is 6.43 Å². The second-order valence-electron chi connectivity index (χ2n) is 8.01. The Morgan fingerprint density at radius 1 is 1.09 bits per heavy atom. The van der Waals surface area contributed by atoms with Gasteiger partial charge in [-0.15, -0.1) is 0 Å². The SMILES string of the molecule is CC(=O)N1CCN(c2cc3c(N[C@H](C)c4cccc(C(F)F)c4)nc(C)nc3cn2)CC1. The van der Waals surface area contributed by atoms with Crippen LogP contribution < -0.4 is 10.2 Å². The molecular formula is C23H26F2N6O. The van der Waals surface area contributed by atoms with Crippen LogP contribution in [0.1, 0.15) is 43.3 Å². The number of piperazine rings is 1. The van der Waals surface area contributed by atoms with Gasteiger partial charge in [-0.25, -0.2) is 23.7 Å². The summed E-state index contributed by atoms with van der Waals surface area (Å²) < 4.78 is 26.2. The van der Waals surface area contributed by atoms with Crippen molar-refractivity contribution in [1.82, 2.24) is 19.9 Å². The summed E-state index contributed by atoms with van der Waals surface area (Å²) in [5.41, 5.74) is 1.46. The van der Waals surface area contributed by atoms with Crippen molar-refractivity contribution in [2.24, 2.45) is 0 Å². The number of aryl methyl sites for hydroxylation is 1. The Labute approximate surface area is 185 Å². The fourth-order valence-electron chi connectivity index (χ4n) is 3.92. The molecule has 168 valence electrons. The molecular weight excluding hydrogens is 414 g/mol. The van der Waals surface area contributed by atoms with Crippen LogP contribution in [0.15, 0.2) is 36.5 Å². The van der Waals surface area contributed by atoms with Gasteiger partial charge in [0.15, 0.2) is 0 Å². The number of hydrogen-bond acceptors (Lipinski definition) is 6. The number of fused-ring (bicyclic) bond motifs is 1. The third-order valence-corrected chi connectivity index (χ3v) is 5.74. The largest absolute Gasteiger partial charge is 0.363 e. The third-order valence-electron chi connectivity index (χ3n) is 5.74. The molecule has 0 unspecified atom stereocenters. The molecule has 1 aliphatic rings. The van der Waals surface area contributed by atoms with E-state index in [1.165, 1.54) is 12.1 Å². The molecule has 0 aliphatic carbocycles. The molecule has 32 heavy (non-hydrogen) atoms. The molecule has 1 N–H and O–H groups in total. The Hall–Kier alpha value is -3.36. The standard InChI is InChI=1S/C23H26F2N6O/c1-14(17-5-4-6-18(11-17)22(24)25)27-23-19-12-21(26-13-20(19)28-15(2)29-23)31-9-7-30(8-10-31)16(3)32/h4-6,11-14,22H,7-10H2,1-3H3,(H,27,28,29)/t14-/m1/s1. The maximum absolute atomic E-state index is 13.1. The second-order valence-corrected chi connectivity index (χ2v) is 8.01. The predicted octanol–water partition coefficient (Wildman–Crippen LogP) is 4.11. The van der Waals surface area contributed by atoms with Crippen LogP contribution in [0.5, 0.6) is 0 Å². The molecule has 0 saturated carbocycles. The van der Waals surface area contributed by atoms with E-state index in [0.29, 0.717) is 43.3 Å². The van der Waals surface area contributed by atoms with Crippen molar-refractivity contribution in [3.8, 4) is 0 Å². The molecule has 3 heterocycles. The first kappa shape index (κ1) is 21.9. The van der Waals surface area contributed by atoms with E-state index in [-0.39, 0.29) is 17.5 Å². The van der Waals surface area contributed by atoms with E-state index in [1.807, 2.05) is 30.9 Å². The molecule has 4 rings (SSSR count). The van der Waals surface area contributed by atoms with E-state index >= 15 is 0 Å². The van der Waals surface area contributed by atoms with Gasteiger partial charge in [-0.1, -0.05) is 18.2 Å². The number of carbonyl (C=O) groups is 1. The molecule has 0 spiro atoms. The average molecular weight is 440 g/mol. The highest BCUT2D eigenvalue weighted by molar-refractivity contribution is 5.90. The number of rotatable bonds is 5. The fourth-order valence-corrected chi connectivity index (χ4v) is 3.92. The smallest absolute Gasteiger partial charge is 0.263 e. The van der Waals surface area contributed by atoms with Crippen LogP contribution in [0.4, 0.5) is 20.4 Å². The van der Waals surface area contributed by atoms with Gasteiger partial charge in [-0.3, -0.25) is 4.79 Å². The van der Waals surface area contributed by atoms with E-state index in [1.54, 1.807) is 19.2 Å². The second kappa shape index (κ2) is 9.02. The van der Waals surface area contributed by atoms with Gasteiger partial charge in [0.05, 0.1) is 11.7 Å². The zero-order valence-corrected chi connectivity index (χ0v) is 18.3. The lowest BCUT2D eigenvalue weighted by molar-refractivity contribution is -0.129. The number of alkyl halides is 2. The van der Waals surface area contributed by atoms with Gasteiger partial charge in [0.2, 0.25) is 5.91 Å². The van der Waals surface area contributed by atoms with E-state index in [4.69, 9.17) is 0 Å². The molecule has 1 aliphatic heterocycles. The zero-order valence-electron chi connectivity index (χ0n) is 18.3. The summed E-state index contributed by atoms with van der Waals surface area (Å²) in [5, 5.41) is 4.18. The minimum atomic E-state index is -2.51. The minimum Gasteiger partial charge on any atom is -0.363 e. The molecule has 1 saturated heterocycles. The zero-order chi connectivity index (χ0) is 22.8. The predicted molar refractivity (Wildman–Crippen MR) is 120 cm³/mol. The Morgan fingerprint density at radius 3 is 2.50 bits per heavy atom. The average Bonchev–Trinajstić information content (AvgIpc) is 2.79. The number of nitrogens with one attached hydrogen (secondary N) is 1. The van der Waals surface area contributed by atoms with Crippen LogP contribution in [-0.2, 0) is 4.79 Å². The van der Waals surface area contributed by atoms with E-state index in [2.05, 4.69) is 25.2 Å². The maximum atomic E-state index is 13.1. The third kappa shape index (κ3) is 4.61. The Bertz CT molecular complexity index is 1130. The maximum Gasteiger partial charge on any atom is 0.263 e. The number of benzene rings is 1. The summed E-state index contributed by atoms with van der Waals surface area (Å²) in [4.78, 5) is 29.2. The number of aromatic nitrogens is 3. The van der Waals surface area contributed by atoms with Gasteiger partial charge in [0.25, 0.3) is 6.43 Å². The van der Waals surface area contributed by atoms with Crippen molar-refractivity contribution < 1.29 is 13.6 Å². The number of amides is 1. The number of pyridine rings is 1. The molecule has 1 fully saturated rings. The molecule has 0 radical (unpaired) electrons. The summed E-state index contributed by atoms with van der Waals surface area (Å²) in [5.74, 6) is 2.10. The molecule has 3 aromatic rings. The molecule has 1 amide bonds. The Kier molecular flexibility index (Phi) is 6.16. The van der Waals surface area contributed by atoms with E-state index in [0.717, 1.165) is 16.8 Å². The summed E-state index contributed by atoms with van der Waals surface area (Å²) in [6.45, 7) is 8.01. The normalized spacial score (nSPS) is 15.3. The first-order valence-corrected chi connectivity index (χ1v) is 10.6. The highest BCUT2D eigenvalue weighted by atomic mass is 19.3. The topological polar surface area (TPSA) is 74.2 Å². The number of halogens is 2. The van der Waals surface area contributed by atoms with Gasteiger partial charge in [0, 0.05) is 50.1 Å². The van der Waals surface area contributed by atoms with Gasteiger partial charge in [-0.2, -0.15) is 0 Å². The van der Waals surface area contributed by atoms with Gasteiger partial charge in [-0.05, 0) is 31.5 Å². The summed E-state index contributed by atoms with van der Waals surface area (Å²) >= 11 is 0. The molecule has 1 aromatic carbocycles. The highest BCUT2D eigenvalue weighted by Gasteiger charge is 2.21. The number of hydrogen-bond donors (Lipinski definition) is 1. The summed E-state index contributed by atoms with van der Waals surface area (Å²) in [6, 6.07) is 8.11. The monoisotopic (exact) mass is 440 g/mol. The van der Waals surface area contributed by atoms with Crippen molar-refractivity contribution in [1.29, 1.82) is 0 Å². The molecule has 9 heteroatoms. The van der Waals surface area contributed by atoms with Gasteiger partial charge in [0.1, 0.15) is 17.5 Å². The van der Waals surface area contributed by atoms with Crippen molar-refractivity contribution in [2.75, 3.05) is 36.4 Å². The van der Waals surface area contributed by atoms with Crippen LogP contribution >= 0.6 is 0 Å². The molecule has 2 aromatic heterocycles. The quantitative estimate of drug-likeness (QED) is 0.644. The van der Waals surface area contributed by atoms with Crippen molar-refractivity contribution >= 4 is 28.4 Å². The first-order valence-electron chi connectivity index (χ1n) is 10.6. The fraction of sp³-hybridized carbons (Fsp3) is 0.391. The summed E-state index contributed by atoms with van der Waals surface area (Å²) in [7, 11) is 0. The lowest BCUT2D eigenvalue weighted by Crippen LogP contribution is -2.48. The molecule has 1 atom stereocenters. The molecule has 7 nitrogen and oxygen atoms in total. The Balaban J connectivity index is 1.62. The molecule has 0 bridgehead atoms. The van der Waals surface area contributed by atoms with Gasteiger partial charge < -0.3 is 15.1 Å². The lowest BCUT2D eigenvalue weighted by atomic mass is 10.1. The van der Waals surface area contributed by atoms with Crippen LogP contribution in [0.3, 0.4) is 0 Å². The minimum absolute atomic E-state index is 0.00364. The lowest BCUT2D eigenvalue weighted by Gasteiger charge is -2.35. The Morgan fingerprint density at radius 2 is 1.81 bits per heavy atom. The van der Waals surface area contributed by atoms with Crippen LogP contribution in [-0.4, -0.2) is 51.9 Å². The van der Waals surface area contributed by atoms with Crippen LogP contribution in [0.25, 0.3) is 10.9 Å². The number of carbonyl (C=O) groups excluding carboxylic acids is 1. The first-order chi connectivity index (χ1) is 15.3.